The van der Waals surface area contributed by atoms with Crippen LogP contribution in [0.15, 0.2) is 65.6 Å². The van der Waals surface area contributed by atoms with E-state index in [1.54, 1.807) is 16.7 Å². The zero-order chi connectivity index (χ0) is 16.1. The molecule has 1 saturated heterocycles. The number of benzene rings is 2. The van der Waals surface area contributed by atoms with E-state index in [2.05, 4.69) is 0 Å². The summed E-state index contributed by atoms with van der Waals surface area (Å²) in [4.78, 5) is 26.8. The molecule has 0 aliphatic carbocycles. The molecular weight excluding hydrogens is 306 g/mol. The van der Waals surface area contributed by atoms with Gasteiger partial charge < -0.3 is 4.90 Å². The highest BCUT2D eigenvalue weighted by Gasteiger charge is 2.37. The third kappa shape index (κ3) is 4.23. The first-order valence-electron chi connectivity index (χ1n) is 7.79. The van der Waals surface area contributed by atoms with Gasteiger partial charge in [-0.2, -0.15) is 0 Å². The number of carbonyl (C=O) groups excluding carboxylic acids is 2. The number of amides is 1. The number of nitrogens with zero attached hydrogens (tertiary/aromatic N) is 1. The van der Waals surface area contributed by atoms with Crippen LogP contribution in [0.2, 0.25) is 0 Å². The predicted molar refractivity (Wildman–Crippen MR) is 92.2 cm³/mol. The molecule has 118 valence electrons. The van der Waals surface area contributed by atoms with Gasteiger partial charge in [-0.05, 0) is 24.1 Å². The number of carbonyl (C=O) groups is 2. The first-order chi connectivity index (χ1) is 11.2. The fraction of sp³-hybridized carbons (Fsp3) is 0.263. The van der Waals surface area contributed by atoms with Crippen molar-refractivity contribution >= 4 is 23.5 Å². The molecule has 3 rings (SSSR count). The second kappa shape index (κ2) is 7.47. The van der Waals surface area contributed by atoms with Crippen LogP contribution in [0.5, 0.6) is 0 Å². The predicted octanol–water partition coefficient (Wildman–Crippen LogP) is 3.54. The van der Waals surface area contributed by atoms with E-state index in [0.29, 0.717) is 12.8 Å². The Morgan fingerprint density at radius 2 is 1.70 bits per heavy atom. The summed E-state index contributed by atoms with van der Waals surface area (Å²) >= 11 is 1.65. The van der Waals surface area contributed by atoms with Gasteiger partial charge in [-0.25, -0.2) is 0 Å². The Morgan fingerprint density at radius 1 is 1.04 bits per heavy atom. The van der Waals surface area contributed by atoms with Gasteiger partial charge in [0.05, 0.1) is 18.3 Å². The van der Waals surface area contributed by atoms with Crippen molar-refractivity contribution in [2.45, 2.75) is 29.5 Å². The van der Waals surface area contributed by atoms with Crippen molar-refractivity contribution in [1.29, 1.82) is 0 Å². The van der Waals surface area contributed by atoms with E-state index in [9.17, 15) is 9.59 Å². The molecule has 1 aliphatic heterocycles. The van der Waals surface area contributed by atoms with E-state index in [1.807, 2.05) is 60.7 Å². The van der Waals surface area contributed by atoms with Crippen LogP contribution in [0.25, 0.3) is 0 Å². The maximum absolute atomic E-state index is 12.2. The molecule has 1 amide bonds. The van der Waals surface area contributed by atoms with E-state index in [4.69, 9.17) is 0 Å². The normalized spacial score (nSPS) is 17.0. The second-order valence-corrected chi connectivity index (χ2v) is 6.89. The molecule has 0 saturated carbocycles. The highest BCUT2D eigenvalue weighted by Crippen LogP contribution is 2.34. The molecular formula is C19H19NO2S. The van der Waals surface area contributed by atoms with Gasteiger partial charge in [0.15, 0.2) is 5.78 Å². The number of aryl methyl sites for hydroxylation is 1. The van der Waals surface area contributed by atoms with Crippen LogP contribution in [0.4, 0.5) is 0 Å². The topological polar surface area (TPSA) is 37.4 Å². The van der Waals surface area contributed by atoms with Crippen LogP contribution in [0.3, 0.4) is 0 Å². The molecule has 4 heteroatoms. The average molecular weight is 325 g/mol. The molecule has 1 unspecified atom stereocenters. The number of hydrogen-bond donors (Lipinski definition) is 0. The van der Waals surface area contributed by atoms with Crippen LogP contribution in [-0.4, -0.2) is 28.5 Å². The number of likely N-dealkylation sites (tertiary alicyclic amines) is 1. The Hall–Kier alpha value is -2.07. The summed E-state index contributed by atoms with van der Waals surface area (Å²) in [6, 6.07) is 20.0. The average Bonchev–Trinajstić information content (AvgIpc) is 2.59. The highest BCUT2D eigenvalue weighted by molar-refractivity contribution is 8.00. The van der Waals surface area contributed by atoms with Crippen molar-refractivity contribution < 1.29 is 9.59 Å². The molecule has 2 aromatic rings. The Kier molecular flexibility index (Phi) is 5.13. The monoisotopic (exact) mass is 325 g/mol. The second-order valence-electron chi connectivity index (χ2n) is 5.64. The standard InChI is InChI=1S/C19H19NO2S/c21-16(12-11-15-7-3-1-4-8-15)14-20-18(22)13-19(20)23-17-9-5-2-6-10-17/h1-10,19H,11-14H2. The fourth-order valence-corrected chi connectivity index (χ4v) is 3.75. The molecule has 0 bridgehead atoms. The molecule has 3 nitrogen and oxygen atoms in total. The lowest BCUT2D eigenvalue weighted by Gasteiger charge is -2.39. The number of thioether (sulfide) groups is 1. The minimum Gasteiger partial charge on any atom is -0.322 e. The fourth-order valence-electron chi connectivity index (χ4n) is 2.57. The third-order valence-electron chi connectivity index (χ3n) is 3.91. The van der Waals surface area contributed by atoms with Crippen LogP contribution in [0, 0.1) is 0 Å². The maximum Gasteiger partial charge on any atom is 0.226 e. The van der Waals surface area contributed by atoms with Gasteiger partial charge >= 0.3 is 0 Å². The van der Waals surface area contributed by atoms with Gasteiger partial charge in [0, 0.05) is 11.3 Å². The van der Waals surface area contributed by atoms with E-state index >= 15 is 0 Å². The third-order valence-corrected chi connectivity index (χ3v) is 5.15. The summed E-state index contributed by atoms with van der Waals surface area (Å²) in [5.41, 5.74) is 1.16. The van der Waals surface area contributed by atoms with Crippen LogP contribution < -0.4 is 0 Å². The van der Waals surface area contributed by atoms with Gasteiger partial charge in [0.25, 0.3) is 0 Å². The number of rotatable bonds is 7. The smallest absolute Gasteiger partial charge is 0.226 e. The number of hydrogen-bond acceptors (Lipinski definition) is 3. The Labute approximate surface area is 140 Å². The maximum atomic E-state index is 12.2. The number of Topliss-reactive ketones (excluding diaryl/α,β-unsaturated/α-hetero) is 1. The molecule has 1 aliphatic rings. The molecule has 1 fully saturated rings. The quantitative estimate of drug-likeness (QED) is 0.731. The first kappa shape index (κ1) is 15.8. The number of β-lactam (4-membered cyclic amide) rings is 1. The van der Waals surface area contributed by atoms with Crippen molar-refractivity contribution in [2.75, 3.05) is 6.54 Å². The van der Waals surface area contributed by atoms with Gasteiger partial charge in [-0.3, -0.25) is 9.59 Å². The summed E-state index contributed by atoms with van der Waals surface area (Å²) in [5.74, 6) is 0.201. The van der Waals surface area contributed by atoms with Crippen LogP contribution in [0.1, 0.15) is 18.4 Å². The van der Waals surface area contributed by atoms with Crippen molar-refractivity contribution in [3.8, 4) is 0 Å². The summed E-state index contributed by atoms with van der Waals surface area (Å²) in [6.07, 6.45) is 1.74. The van der Waals surface area contributed by atoms with Gasteiger partial charge in [0.1, 0.15) is 0 Å². The number of ketones is 1. The molecule has 0 aromatic heterocycles. The minimum absolute atomic E-state index is 0.0755. The Balaban J connectivity index is 1.49. The highest BCUT2D eigenvalue weighted by atomic mass is 32.2. The minimum atomic E-state index is 0.0755. The van der Waals surface area contributed by atoms with Crippen LogP contribution >= 0.6 is 11.8 Å². The zero-order valence-electron chi connectivity index (χ0n) is 12.9. The summed E-state index contributed by atoms with van der Waals surface area (Å²) in [7, 11) is 0. The first-order valence-corrected chi connectivity index (χ1v) is 8.67. The Morgan fingerprint density at radius 3 is 2.35 bits per heavy atom. The Bertz CT molecular complexity index is 672. The molecule has 2 aromatic carbocycles. The molecule has 0 radical (unpaired) electrons. The molecule has 23 heavy (non-hydrogen) atoms. The molecule has 0 N–H and O–H groups in total. The molecule has 1 heterocycles. The van der Waals surface area contributed by atoms with E-state index < -0.39 is 0 Å². The molecule has 1 atom stereocenters. The van der Waals surface area contributed by atoms with E-state index in [1.165, 1.54) is 0 Å². The SMILES string of the molecule is O=C(CCc1ccccc1)CN1C(=O)CC1Sc1ccccc1. The van der Waals surface area contributed by atoms with Crippen molar-refractivity contribution in [3.05, 3.63) is 66.2 Å². The lowest BCUT2D eigenvalue weighted by Crippen LogP contribution is -2.52. The largest absolute Gasteiger partial charge is 0.322 e. The van der Waals surface area contributed by atoms with E-state index in [0.717, 1.165) is 16.9 Å². The summed E-state index contributed by atoms with van der Waals surface area (Å²) in [6.45, 7) is 0.232. The van der Waals surface area contributed by atoms with Crippen molar-refractivity contribution in [3.63, 3.8) is 0 Å². The molecule has 0 spiro atoms. The summed E-state index contributed by atoms with van der Waals surface area (Å²) in [5, 5.41) is 0.0885. The lowest BCUT2D eigenvalue weighted by molar-refractivity contribution is -0.144. The summed E-state index contributed by atoms with van der Waals surface area (Å²) < 4.78 is 0. The lowest BCUT2D eigenvalue weighted by atomic mass is 10.1. The van der Waals surface area contributed by atoms with Crippen LogP contribution in [-0.2, 0) is 16.0 Å². The van der Waals surface area contributed by atoms with Gasteiger partial charge in [-0.15, -0.1) is 11.8 Å². The van der Waals surface area contributed by atoms with Gasteiger partial charge in [0.2, 0.25) is 5.91 Å². The van der Waals surface area contributed by atoms with E-state index in [-0.39, 0.29) is 23.6 Å². The zero-order valence-corrected chi connectivity index (χ0v) is 13.7. The van der Waals surface area contributed by atoms with Gasteiger partial charge in [-0.1, -0.05) is 48.5 Å². The van der Waals surface area contributed by atoms with Crippen molar-refractivity contribution in [1.82, 2.24) is 4.90 Å². The van der Waals surface area contributed by atoms with Crippen molar-refractivity contribution in [2.24, 2.45) is 0 Å².